The number of hydrogen-bond acceptors (Lipinski definition) is 3. The van der Waals surface area contributed by atoms with Gasteiger partial charge < -0.3 is 5.32 Å². The highest BCUT2D eigenvalue weighted by Crippen LogP contribution is 2.54. The van der Waals surface area contributed by atoms with Gasteiger partial charge in [0.15, 0.2) is 0 Å². The molecule has 0 spiro atoms. The van der Waals surface area contributed by atoms with Crippen LogP contribution in [0, 0.1) is 16.0 Å². The first-order chi connectivity index (χ1) is 14.3. The summed E-state index contributed by atoms with van der Waals surface area (Å²) in [5.74, 6) is -0.155. The topological polar surface area (TPSA) is 55.2 Å². The van der Waals surface area contributed by atoms with Crippen LogP contribution in [0.15, 0.2) is 66.7 Å². The van der Waals surface area contributed by atoms with Crippen molar-refractivity contribution in [2.24, 2.45) is 5.92 Å². The second kappa shape index (κ2) is 6.58. The molecule has 3 aromatic carbocycles. The van der Waals surface area contributed by atoms with E-state index in [1.807, 2.05) is 24.3 Å². The number of alkyl halides is 3. The first kappa shape index (κ1) is 18.7. The molecule has 1 heterocycles. The molecule has 0 bridgehead atoms. The van der Waals surface area contributed by atoms with Crippen LogP contribution in [0.3, 0.4) is 0 Å². The van der Waals surface area contributed by atoms with Gasteiger partial charge in [0.25, 0.3) is 5.69 Å². The number of anilines is 1. The lowest BCUT2D eigenvalue weighted by Crippen LogP contribution is -2.30. The zero-order valence-corrected chi connectivity index (χ0v) is 15.7. The Labute approximate surface area is 170 Å². The van der Waals surface area contributed by atoms with Gasteiger partial charge in [-0.3, -0.25) is 10.1 Å². The third-order valence-corrected chi connectivity index (χ3v) is 6.17. The number of benzene rings is 3. The normalized spacial score (nSPS) is 21.9. The Morgan fingerprint density at radius 3 is 2.53 bits per heavy atom. The molecule has 3 atom stereocenters. The van der Waals surface area contributed by atoms with Gasteiger partial charge in [-0.1, -0.05) is 36.4 Å². The average Bonchev–Trinajstić information content (AvgIpc) is 3.12. The molecule has 5 rings (SSSR count). The molecule has 1 aliphatic heterocycles. The molecule has 0 unspecified atom stereocenters. The summed E-state index contributed by atoms with van der Waals surface area (Å²) in [6.07, 6.45) is -3.72. The van der Waals surface area contributed by atoms with E-state index < -0.39 is 16.7 Å². The summed E-state index contributed by atoms with van der Waals surface area (Å²) in [6.45, 7) is 0. The number of nitrogens with zero attached hydrogens (tertiary/aromatic N) is 1. The second-order valence-corrected chi connectivity index (χ2v) is 7.82. The monoisotopic (exact) mass is 410 g/mol. The maximum atomic E-state index is 13.3. The van der Waals surface area contributed by atoms with Crippen molar-refractivity contribution in [3.63, 3.8) is 0 Å². The van der Waals surface area contributed by atoms with Gasteiger partial charge in [-0.05, 0) is 52.8 Å². The second-order valence-electron chi connectivity index (χ2n) is 7.82. The van der Waals surface area contributed by atoms with Crippen LogP contribution in [0.4, 0.5) is 24.5 Å². The number of nitrogens with one attached hydrogen (secondary N) is 1. The van der Waals surface area contributed by atoms with Crippen LogP contribution < -0.4 is 5.32 Å². The number of hydrogen-bond donors (Lipinski definition) is 1. The lowest BCUT2D eigenvalue weighted by molar-refractivity contribution is -0.384. The van der Waals surface area contributed by atoms with Crippen LogP contribution in [0.5, 0.6) is 0 Å². The molecule has 7 heteroatoms. The first-order valence-corrected chi connectivity index (χ1v) is 9.63. The molecule has 152 valence electrons. The third kappa shape index (κ3) is 2.93. The minimum Gasteiger partial charge on any atom is -0.378 e. The maximum Gasteiger partial charge on any atom is 0.416 e. The Morgan fingerprint density at radius 2 is 1.77 bits per heavy atom. The molecular weight excluding hydrogens is 393 g/mol. The molecule has 2 aliphatic rings. The standard InChI is InChI=1S/C23H17F3N2O2/c24-23(25,26)15-6-3-5-14(10-15)22-19-11-13-4-1-2-7-17(13)21(19)18-12-16(28(29)30)8-9-20(18)27-22/h1-10,12,19,21-22,27H,11H2/t19-,21+,22+/m1/s1. The molecular formula is C23H17F3N2O2. The van der Waals surface area contributed by atoms with Crippen LogP contribution in [-0.2, 0) is 12.6 Å². The Kier molecular flexibility index (Phi) is 4.10. The van der Waals surface area contributed by atoms with Gasteiger partial charge in [-0.15, -0.1) is 0 Å². The zero-order chi connectivity index (χ0) is 21.0. The number of halogens is 3. The largest absolute Gasteiger partial charge is 0.416 e. The first-order valence-electron chi connectivity index (χ1n) is 9.63. The molecule has 0 saturated carbocycles. The summed E-state index contributed by atoms with van der Waals surface area (Å²) in [5.41, 5.74) is 3.66. The number of nitro groups is 1. The van der Waals surface area contributed by atoms with Crippen LogP contribution in [0.2, 0.25) is 0 Å². The van der Waals surface area contributed by atoms with E-state index in [9.17, 15) is 23.3 Å². The van der Waals surface area contributed by atoms with E-state index in [-0.39, 0.29) is 23.6 Å². The summed E-state index contributed by atoms with van der Waals surface area (Å²) in [7, 11) is 0. The van der Waals surface area contributed by atoms with Crippen molar-refractivity contribution in [1.82, 2.24) is 0 Å². The summed E-state index contributed by atoms with van der Waals surface area (Å²) >= 11 is 0. The van der Waals surface area contributed by atoms with Gasteiger partial charge in [-0.25, -0.2) is 0 Å². The summed E-state index contributed by atoms with van der Waals surface area (Å²) < 4.78 is 39.9. The molecule has 0 saturated heterocycles. The van der Waals surface area contributed by atoms with Crippen LogP contribution >= 0.6 is 0 Å². The van der Waals surface area contributed by atoms with E-state index in [1.165, 1.54) is 18.2 Å². The van der Waals surface area contributed by atoms with Crippen molar-refractivity contribution in [3.05, 3.63) is 105 Å². The lowest BCUT2D eigenvalue weighted by Gasteiger charge is -2.38. The van der Waals surface area contributed by atoms with Crippen molar-refractivity contribution in [2.45, 2.75) is 24.6 Å². The van der Waals surface area contributed by atoms with E-state index in [2.05, 4.69) is 5.32 Å². The third-order valence-electron chi connectivity index (χ3n) is 6.17. The van der Waals surface area contributed by atoms with Crippen molar-refractivity contribution >= 4 is 11.4 Å². The molecule has 0 aromatic heterocycles. The summed E-state index contributed by atoms with van der Waals surface area (Å²) in [6, 6.07) is 17.7. The van der Waals surface area contributed by atoms with Gasteiger partial charge in [0, 0.05) is 23.7 Å². The number of nitro benzene ring substituents is 1. The summed E-state index contributed by atoms with van der Waals surface area (Å²) in [5, 5.41) is 14.7. The average molecular weight is 410 g/mol. The van der Waals surface area contributed by atoms with Crippen LogP contribution in [0.25, 0.3) is 0 Å². The van der Waals surface area contributed by atoms with Crippen molar-refractivity contribution in [2.75, 3.05) is 5.32 Å². The Balaban J connectivity index is 1.66. The van der Waals surface area contributed by atoms with E-state index >= 15 is 0 Å². The fourth-order valence-corrected chi connectivity index (χ4v) is 4.90. The van der Waals surface area contributed by atoms with Gasteiger partial charge in [0.05, 0.1) is 16.5 Å². The highest BCUT2D eigenvalue weighted by Gasteiger charge is 2.44. The Morgan fingerprint density at radius 1 is 0.967 bits per heavy atom. The Hall–Kier alpha value is -3.35. The van der Waals surface area contributed by atoms with E-state index in [4.69, 9.17) is 0 Å². The molecule has 0 radical (unpaired) electrons. The smallest absolute Gasteiger partial charge is 0.378 e. The quantitative estimate of drug-likeness (QED) is 0.411. The molecule has 0 amide bonds. The predicted molar refractivity (Wildman–Crippen MR) is 106 cm³/mol. The zero-order valence-electron chi connectivity index (χ0n) is 15.7. The van der Waals surface area contributed by atoms with Crippen molar-refractivity contribution < 1.29 is 18.1 Å². The van der Waals surface area contributed by atoms with Crippen LogP contribution in [0.1, 0.15) is 39.8 Å². The minimum atomic E-state index is -4.42. The van der Waals surface area contributed by atoms with Gasteiger partial charge in [0.2, 0.25) is 0 Å². The molecule has 4 nitrogen and oxygen atoms in total. The highest BCUT2D eigenvalue weighted by molar-refractivity contribution is 5.65. The fourth-order valence-electron chi connectivity index (χ4n) is 4.90. The molecule has 0 fully saturated rings. The van der Waals surface area contributed by atoms with E-state index in [0.29, 0.717) is 12.0 Å². The lowest BCUT2D eigenvalue weighted by atomic mass is 9.75. The van der Waals surface area contributed by atoms with Crippen molar-refractivity contribution in [3.8, 4) is 0 Å². The number of rotatable bonds is 2. The molecule has 1 N–H and O–H groups in total. The van der Waals surface area contributed by atoms with E-state index in [1.54, 1.807) is 18.2 Å². The molecule has 3 aromatic rings. The minimum absolute atomic E-state index is 0.0104. The molecule has 1 aliphatic carbocycles. The molecule has 30 heavy (non-hydrogen) atoms. The van der Waals surface area contributed by atoms with Crippen LogP contribution in [-0.4, -0.2) is 4.92 Å². The van der Waals surface area contributed by atoms with Gasteiger partial charge in [-0.2, -0.15) is 13.2 Å². The van der Waals surface area contributed by atoms with Gasteiger partial charge >= 0.3 is 6.18 Å². The predicted octanol–water partition coefficient (Wildman–Crippen LogP) is 6.08. The van der Waals surface area contributed by atoms with E-state index in [0.717, 1.165) is 28.4 Å². The van der Waals surface area contributed by atoms with Crippen molar-refractivity contribution in [1.29, 1.82) is 0 Å². The Bertz CT molecular complexity index is 1160. The van der Waals surface area contributed by atoms with Gasteiger partial charge in [0.1, 0.15) is 0 Å². The number of non-ortho nitro benzene ring substituents is 1. The SMILES string of the molecule is O=[N+]([O-])c1ccc2c(c1)[C@@H]1c3ccccc3C[C@H]1[C@H](c1cccc(C(F)(F)F)c1)N2. The fraction of sp³-hybridized carbons (Fsp3) is 0.217. The highest BCUT2D eigenvalue weighted by atomic mass is 19.4. The maximum absolute atomic E-state index is 13.3. The number of fused-ring (bicyclic) bond motifs is 5. The summed E-state index contributed by atoms with van der Waals surface area (Å²) in [4.78, 5) is 10.9.